The van der Waals surface area contributed by atoms with E-state index in [9.17, 15) is 0 Å². The Morgan fingerprint density at radius 2 is 2.09 bits per heavy atom. The molecule has 0 saturated heterocycles. The number of anilines is 1. The van der Waals surface area contributed by atoms with Crippen molar-refractivity contribution < 1.29 is 9.47 Å². The van der Waals surface area contributed by atoms with Crippen molar-refractivity contribution >= 4 is 49.3 Å². The smallest absolute Gasteiger partial charge is 0.181 e. The van der Waals surface area contributed by atoms with Gasteiger partial charge in [-0.15, -0.1) is 0 Å². The summed E-state index contributed by atoms with van der Waals surface area (Å²) in [5, 5.41) is 1.95. The van der Waals surface area contributed by atoms with E-state index < -0.39 is 5.79 Å². The largest absolute Gasteiger partial charge is 0.375 e. The van der Waals surface area contributed by atoms with Crippen LogP contribution in [0.2, 0.25) is 5.15 Å². The molecule has 7 nitrogen and oxygen atoms in total. The summed E-state index contributed by atoms with van der Waals surface area (Å²) in [5.74, 6) is -0.151. The summed E-state index contributed by atoms with van der Waals surface area (Å²) < 4.78 is 15.4. The second-order valence-corrected chi connectivity index (χ2v) is 10.6. The number of nitrogens with zero attached hydrogens (tertiary/aromatic N) is 4. The van der Waals surface area contributed by atoms with E-state index in [1.165, 1.54) is 23.2 Å². The van der Waals surface area contributed by atoms with Crippen LogP contribution in [0.15, 0.2) is 36.8 Å². The third-order valence-corrected chi connectivity index (χ3v) is 7.79. The minimum absolute atomic E-state index is 0.00936. The van der Waals surface area contributed by atoms with Gasteiger partial charge in [0.1, 0.15) is 17.1 Å². The van der Waals surface area contributed by atoms with Crippen molar-refractivity contribution in [1.82, 2.24) is 19.5 Å². The summed E-state index contributed by atoms with van der Waals surface area (Å²) in [6, 6.07) is 8.60. The maximum absolute atomic E-state index is 6.46. The third kappa shape index (κ3) is 4.57. The zero-order chi connectivity index (χ0) is 23.2. The van der Waals surface area contributed by atoms with Crippen molar-refractivity contribution in [3.05, 3.63) is 47.5 Å². The molecule has 0 aliphatic heterocycles. The van der Waals surface area contributed by atoms with Gasteiger partial charge in [0, 0.05) is 13.3 Å². The molecule has 2 N–H and O–H groups in total. The zero-order valence-electron chi connectivity index (χ0n) is 19.0. The van der Waals surface area contributed by atoms with Crippen LogP contribution in [0.4, 0.5) is 5.13 Å². The second-order valence-electron chi connectivity index (χ2n) is 9.18. The molecule has 0 amide bonds. The van der Waals surface area contributed by atoms with Crippen molar-refractivity contribution in [2.75, 3.05) is 12.8 Å². The minimum atomic E-state index is -0.664. The highest BCUT2D eigenvalue weighted by molar-refractivity contribution is 7.22. The van der Waals surface area contributed by atoms with Crippen LogP contribution in [-0.4, -0.2) is 38.5 Å². The van der Waals surface area contributed by atoms with Gasteiger partial charge in [-0.25, -0.2) is 15.0 Å². The monoisotopic (exact) mass is 485 g/mol. The van der Waals surface area contributed by atoms with E-state index in [4.69, 9.17) is 26.8 Å². The first kappa shape index (κ1) is 22.5. The molecule has 9 heteroatoms. The zero-order valence-corrected chi connectivity index (χ0v) is 20.6. The molecule has 33 heavy (non-hydrogen) atoms. The van der Waals surface area contributed by atoms with Crippen molar-refractivity contribution in [2.45, 2.75) is 57.5 Å². The van der Waals surface area contributed by atoms with Crippen LogP contribution in [0.25, 0.3) is 21.3 Å². The number of nitrogens with two attached hydrogens (primary N) is 1. The van der Waals surface area contributed by atoms with E-state index in [1.54, 1.807) is 7.11 Å². The summed E-state index contributed by atoms with van der Waals surface area (Å²) in [6.07, 6.45) is 7.60. The number of aromatic nitrogens is 4. The number of ether oxygens (including phenoxy) is 2. The van der Waals surface area contributed by atoms with Crippen LogP contribution in [0.5, 0.6) is 0 Å². The van der Waals surface area contributed by atoms with Gasteiger partial charge in [0.05, 0.1) is 27.7 Å². The molecule has 4 aromatic rings. The molecule has 1 saturated carbocycles. The van der Waals surface area contributed by atoms with E-state index in [0.29, 0.717) is 16.2 Å². The fraction of sp³-hybridized carbons (Fsp3) is 0.458. The van der Waals surface area contributed by atoms with Crippen LogP contribution >= 0.6 is 22.9 Å². The number of thiazole rings is 1. The highest BCUT2D eigenvalue weighted by atomic mass is 35.5. The molecular weight excluding hydrogens is 458 g/mol. The van der Waals surface area contributed by atoms with Gasteiger partial charge in [-0.05, 0) is 69.2 Å². The predicted octanol–water partition coefficient (Wildman–Crippen LogP) is 5.63. The van der Waals surface area contributed by atoms with Crippen LogP contribution in [0.1, 0.15) is 44.7 Å². The van der Waals surface area contributed by atoms with Crippen LogP contribution < -0.4 is 5.73 Å². The minimum Gasteiger partial charge on any atom is -0.375 e. The van der Waals surface area contributed by atoms with Gasteiger partial charge in [-0.2, -0.15) is 0 Å². The first-order valence-electron chi connectivity index (χ1n) is 11.2. The van der Waals surface area contributed by atoms with E-state index in [1.807, 2.05) is 19.9 Å². The summed E-state index contributed by atoms with van der Waals surface area (Å²) >= 11 is 7.83. The van der Waals surface area contributed by atoms with E-state index >= 15 is 0 Å². The SMILES string of the molecule is COC(C)(C)O[C@@H]1C[C@@H](CCc2ccc3sc(N)nc3c2)C[C@H]1n1ccc2c(Cl)ncnc21. The summed E-state index contributed by atoms with van der Waals surface area (Å²) in [7, 11) is 1.68. The number of hydrogen-bond acceptors (Lipinski definition) is 7. The number of nitrogen functional groups attached to an aromatic ring is 1. The lowest BCUT2D eigenvalue weighted by Gasteiger charge is -2.31. The Kier molecular flexibility index (Phi) is 6.03. The molecule has 1 fully saturated rings. The third-order valence-electron chi connectivity index (χ3n) is 6.62. The number of hydrogen-bond donors (Lipinski definition) is 1. The number of halogens is 1. The molecule has 3 atom stereocenters. The Morgan fingerprint density at radius 3 is 2.91 bits per heavy atom. The molecule has 3 aromatic heterocycles. The lowest BCUT2D eigenvalue weighted by Crippen LogP contribution is -2.35. The maximum atomic E-state index is 6.46. The van der Waals surface area contributed by atoms with Crippen LogP contribution in [0.3, 0.4) is 0 Å². The molecule has 1 aliphatic carbocycles. The average molecular weight is 486 g/mol. The van der Waals surface area contributed by atoms with Crippen molar-refractivity contribution in [3.63, 3.8) is 0 Å². The molecule has 1 aliphatic rings. The lowest BCUT2D eigenvalue weighted by molar-refractivity contribution is -0.228. The van der Waals surface area contributed by atoms with Crippen LogP contribution in [0, 0.1) is 5.92 Å². The molecule has 0 radical (unpaired) electrons. The molecule has 1 aromatic carbocycles. The number of benzene rings is 1. The van der Waals surface area contributed by atoms with Gasteiger partial charge in [-0.3, -0.25) is 0 Å². The summed E-state index contributed by atoms with van der Waals surface area (Å²) in [5.41, 5.74) is 8.98. The van der Waals surface area contributed by atoms with Crippen molar-refractivity contribution in [2.24, 2.45) is 5.92 Å². The topological polar surface area (TPSA) is 88.1 Å². The quantitative estimate of drug-likeness (QED) is 0.269. The highest BCUT2D eigenvalue weighted by Gasteiger charge is 2.39. The Hall–Kier alpha value is -2.26. The van der Waals surface area contributed by atoms with Gasteiger partial charge < -0.3 is 19.8 Å². The number of rotatable bonds is 7. The fourth-order valence-electron chi connectivity index (χ4n) is 4.87. The van der Waals surface area contributed by atoms with E-state index in [2.05, 4.69) is 43.9 Å². The Balaban J connectivity index is 1.37. The van der Waals surface area contributed by atoms with Gasteiger partial charge >= 0.3 is 0 Å². The number of methoxy groups -OCH3 is 1. The number of aryl methyl sites for hydroxylation is 1. The predicted molar refractivity (Wildman–Crippen MR) is 133 cm³/mol. The summed E-state index contributed by atoms with van der Waals surface area (Å²) in [6.45, 7) is 3.91. The Labute approximate surface area is 201 Å². The van der Waals surface area contributed by atoms with Gasteiger partial charge in [0.25, 0.3) is 0 Å². The average Bonchev–Trinajstić information content (AvgIpc) is 3.48. The fourth-order valence-corrected chi connectivity index (χ4v) is 5.77. The first-order valence-corrected chi connectivity index (χ1v) is 12.4. The van der Waals surface area contributed by atoms with Crippen molar-refractivity contribution in [3.8, 4) is 0 Å². The molecule has 0 bridgehead atoms. The Morgan fingerprint density at radius 1 is 1.24 bits per heavy atom. The normalized spacial score (nSPS) is 21.4. The van der Waals surface area contributed by atoms with E-state index in [0.717, 1.165) is 46.9 Å². The standard InChI is InChI=1S/C24H28ClN5O2S/c1-24(2,31-3)32-19-12-15(5-4-14-6-7-20-17(10-14)29-23(26)33-20)11-18(19)30-9-8-16-21(25)27-13-28-22(16)30/h6-10,13,15,18-19H,4-5,11-12H2,1-3H3,(H2,26,29)/t15-,18+,19+/m0/s1. The molecule has 0 unspecified atom stereocenters. The van der Waals surface area contributed by atoms with Gasteiger partial charge in [0.15, 0.2) is 10.9 Å². The maximum Gasteiger partial charge on any atom is 0.181 e. The molecule has 0 spiro atoms. The molecule has 3 heterocycles. The number of fused-ring (bicyclic) bond motifs is 2. The molecular formula is C24H28ClN5O2S. The van der Waals surface area contributed by atoms with E-state index in [-0.39, 0.29) is 12.1 Å². The Bertz CT molecular complexity index is 1290. The van der Waals surface area contributed by atoms with Crippen molar-refractivity contribution in [1.29, 1.82) is 0 Å². The summed E-state index contributed by atoms with van der Waals surface area (Å²) in [4.78, 5) is 13.1. The first-order chi connectivity index (χ1) is 15.8. The lowest BCUT2D eigenvalue weighted by atomic mass is 9.97. The van der Waals surface area contributed by atoms with Gasteiger partial charge in [-0.1, -0.05) is 29.0 Å². The highest BCUT2D eigenvalue weighted by Crippen LogP contribution is 2.42. The second kappa shape index (κ2) is 8.83. The molecule has 5 rings (SSSR count). The van der Waals surface area contributed by atoms with Crippen LogP contribution in [-0.2, 0) is 15.9 Å². The molecule has 174 valence electrons. The van der Waals surface area contributed by atoms with Gasteiger partial charge in [0.2, 0.25) is 0 Å².